The Morgan fingerprint density at radius 1 is 1.39 bits per heavy atom. The number of aromatic carboxylic acids is 1. The summed E-state index contributed by atoms with van der Waals surface area (Å²) in [6.45, 7) is 0.0819. The van der Waals surface area contributed by atoms with Gasteiger partial charge < -0.3 is 9.84 Å². The van der Waals surface area contributed by atoms with Gasteiger partial charge in [0.2, 0.25) is 0 Å². The van der Waals surface area contributed by atoms with Gasteiger partial charge in [-0.3, -0.25) is 0 Å². The number of halogens is 2. The Hall–Kier alpha value is -1.59. The Labute approximate surface area is 111 Å². The normalized spacial score (nSPS) is 10.3. The first-order valence-electron chi connectivity index (χ1n) is 4.96. The monoisotopic (exact) mass is 286 g/mol. The maximum absolute atomic E-state index is 13.4. The Balaban J connectivity index is 2.09. The molecule has 3 nitrogen and oxygen atoms in total. The van der Waals surface area contributed by atoms with Gasteiger partial charge in [0.15, 0.2) is 11.6 Å². The summed E-state index contributed by atoms with van der Waals surface area (Å²) < 4.78 is 18.6. The van der Waals surface area contributed by atoms with Crippen molar-refractivity contribution < 1.29 is 19.0 Å². The number of carbonyl (C=O) groups is 1. The van der Waals surface area contributed by atoms with Gasteiger partial charge in [-0.2, -0.15) is 0 Å². The summed E-state index contributed by atoms with van der Waals surface area (Å²) in [4.78, 5) is 11.6. The highest BCUT2D eigenvalue weighted by atomic mass is 35.5. The Kier molecular flexibility index (Phi) is 3.84. The van der Waals surface area contributed by atoms with Gasteiger partial charge in [0.25, 0.3) is 0 Å². The van der Waals surface area contributed by atoms with Gasteiger partial charge in [-0.25, -0.2) is 9.18 Å². The van der Waals surface area contributed by atoms with Crippen LogP contribution in [0.15, 0.2) is 30.3 Å². The number of rotatable bonds is 4. The third-order valence-corrected chi connectivity index (χ3v) is 3.49. The maximum Gasteiger partial charge on any atom is 0.345 e. The maximum atomic E-state index is 13.4. The lowest BCUT2D eigenvalue weighted by atomic mass is 10.3. The summed E-state index contributed by atoms with van der Waals surface area (Å²) >= 11 is 6.88. The first kappa shape index (κ1) is 12.9. The molecule has 0 radical (unpaired) electrons. The zero-order valence-corrected chi connectivity index (χ0v) is 10.6. The molecule has 0 aliphatic rings. The van der Waals surface area contributed by atoms with Crippen LogP contribution in [0.1, 0.15) is 14.5 Å². The standard InChI is InChI=1S/C12H8ClFO3S/c13-8-2-1-3-9(14)11(8)17-6-7-4-5-10(18-7)12(15)16/h1-5H,6H2,(H,15,16). The minimum Gasteiger partial charge on any atom is -0.483 e. The summed E-state index contributed by atoms with van der Waals surface area (Å²) in [6, 6.07) is 7.37. The Morgan fingerprint density at radius 3 is 2.78 bits per heavy atom. The third kappa shape index (κ3) is 2.80. The van der Waals surface area contributed by atoms with Gasteiger partial charge in [0.1, 0.15) is 11.5 Å². The molecule has 6 heteroatoms. The van der Waals surface area contributed by atoms with E-state index in [1.54, 1.807) is 6.07 Å². The fourth-order valence-corrected chi connectivity index (χ4v) is 2.31. The van der Waals surface area contributed by atoms with Crippen molar-refractivity contribution in [1.82, 2.24) is 0 Å². The van der Waals surface area contributed by atoms with Crippen LogP contribution < -0.4 is 4.74 Å². The SMILES string of the molecule is O=C(O)c1ccc(COc2c(F)cccc2Cl)s1. The molecule has 0 atom stereocenters. The van der Waals surface area contributed by atoms with Crippen molar-refractivity contribution in [2.45, 2.75) is 6.61 Å². The summed E-state index contributed by atoms with van der Waals surface area (Å²) in [5.74, 6) is -1.56. The molecule has 0 amide bonds. The summed E-state index contributed by atoms with van der Waals surface area (Å²) in [5, 5.41) is 8.95. The van der Waals surface area contributed by atoms with Crippen molar-refractivity contribution in [2.24, 2.45) is 0 Å². The van der Waals surface area contributed by atoms with Gasteiger partial charge in [0, 0.05) is 4.88 Å². The van der Waals surface area contributed by atoms with E-state index in [2.05, 4.69) is 0 Å². The molecule has 0 unspecified atom stereocenters. The van der Waals surface area contributed by atoms with Gasteiger partial charge in [-0.05, 0) is 24.3 Å². The zero-order chi connectivity index (χ0) is 13.1. The summed E-state index contributed by atoms with van der Waals surface area (Å²) in [5.41, 5.74) is 0. The second-order valence-corrected chi connectivity index (χ2v) is 4.99. The van der Waals surface area contributed by atoms with Gasteiger partial charge in [-0.1, -0.05) is 17.7 Å². The van der Waals surface area contributed by atoms with E-state index in [0.717, 1.165) is 11.3 Å². The van der Waals surface area contributed by atoms with Crippen LogP contribution in [-0.4, -0.2) is 11.1 Å². The number of carboxylic acids is 1. The molecule has 1 heterocycles. The molecule has 0 saturated carbocycles. The second-order valence-electron chi connectivity index (χ2n) is 3.41. The first-order chi connectivity index (χ1) is 8.58. The van der Waals surface area contributed by atoms with Crippen LogP contribution in [0.25, 0.3) is 0 Å². The lowest BCUT2D eigenvalue weighted by Crippen LogP contribution is -1.96. The number of ether oxygens (including phenoxy) is 1. The Morgan fingerprint density at radius 2 is 2.17 bits per heavy atom. The minimum absolute atomic E-state index is 0.0237. The first-order valence-corrected chi connectivity index (χ1v) is 6.16. The van der Waals surface area contributed by atoms with Crippen molar-refractivity contribution >= 4 is 28.9 Å². The summed E-state index contributed by atoms with van der Waals surface area (Å²) in [6.07, 6.45) is 0. The molecule has 0 fully saturated rings. The van der Waals surface area contributed by atoms with E-state index in [0.29, 0.717) is 4.88 Å². The number of benzene rings is 1. The molecule has 1 aromatic heterocycles. The van der Waals surface area contributed by atoms with Crippen LogP contribution in [0.2, 0.25) is 5.02 Å². The zero-order valence-electron chi connectivity index (χ0n) is 9.02. The van der Waals surface area contributed by atoms with Gasteiger partial charge >= 0.3 is 5.97 Å². The molecular formula is C12H8ClFO3S. The smallest absolute Gasteiger partial charge is 0.345 e. The molecule has 0 aliphatic carbocycles. The molecule has 0 aliphatic heterocycles. The van der Waals surface area contributed by atoms with Crippen molar-refractivity contribution in [3.63, 3.8) is 0 Å². The predicted octanol–water partition coefficient (Wildman–Crippen LogP) is 3.82. The number of hydrogen-bond donors (Lipinski definition) is 1. The fraction of sp³-hybridized carbons (Fsp3) is 0.0833. The van der Waals surface area contributed by atoms with Crippen molar-refractivity contribution in [1.29, 1.82) is 0 Å². The number of thiophene rings is 1. The van der Waals surface area contributed by atoms with Crippen molar-refractivity contribution in [3.8, 4) is 5.75 Å². The molecule has 0 bridgehead atoms. The van der Waals surface area contributed by atoms with Gasteiger partial charge in [-0.15, -0.1) is 11.3 Å². The van der Waals surface area contributed by atoms with E-state index in [1.807, 2.05) is 0 Å². The topological polar surface area (TPSA) is 46.5 Å². The average molecular weight is 287 g/mol. The quantitative estimate of drug-likeness (QED) is 0.929. The third-order valence-electron chi connectivity index (χ3n) is 2.15. The van der Waals surface area contributed by atoms with E-state index in [4.69, 9.17) is 21.4 Å². The van der Waals surface area contributed by atoms with Crippen LogP contribution in [0.4, 0.5) is 4.39 Å². The van der Waals surface area contributed by atoms with Crippen LogP contribution in [0.3, 0.4) is 0 Å². The van der Waals surface area contributed by atoms with E-state index >= 15 is 0 Å². The fourth-order valence-electron chi connectivity index (χ4n) is 1.33. The molecule has 94 valence electrons. The van der Waals surface area contributed by atoms with Crippen LogP contribution in [0.5, 0.6) is 5.75 Å². The van der Waals surface area contributed by atoms with Crippen LogP contribution in [-0.2, 0) is 6.61 Å². The molecule has 1 aromatic carbocycles. The van der Waals surface area contributed by atoms with Crippen molar-refractivity contribution in [3.05, 3.63) is 50.9 Å². The van der Waals surface area contributed by atoms with E-state index in [1.165, 1.54) is 24.3 Å². The lowest BCUT2D eigenvalue weighted by molar-refractivity contribution is 0.0702. The van der Waals surface area contributed by atoms with Crippen LogP contribution in [0, 0.1) is 5.82 Å². The van der Waals surface area contributed by atoms with Crippen LogP contribution >= 0.6 is 22.9 Å². The highest BCUT2D eigenvalue weighted by Crippen LogP contribution is 2.28. The van der Waals surface area contributed by atoms with E-state index < -0.39 is 11.8 Å². The lowest BCUT2D eigenvalue weighted by Gasteiger charge is -2.07. The highest BCUT2D eigenvalue weighted by molar-refractivity contribution is 7.13. The number of carboxylic acid groups (broad SMARTS) is 1. The predicted molar refractivity (Wildman–Crippen MR) is 67.0 cm³/mol. The number of para-hydroxylation sites is 1. The largest absolute Gasteiger partial charge is 0.483 e. The van der Waals surface area contributed by atoms with Gasteiger partial charge in [0.05, 0.1) is 5.02 Å². The molecule has 1 N–H and O–H groups in total. The minimum atomic E-state index is -0.991. The highest BCUT2D eigenvalue weighted by Gasteiger charge is 2.10. The average Bonchev–Trinajstić information content (AvgIpc) is 2.77. The molecule has 2 aromatic rings. The van der Waals surface area contributed by atoms with E-state index in [-0.39, 0.29) is 22.3 Å². The second kappa shape index (κ2) is 5.37. The Bertz CT molecular complexity index is 562. The molecule has 0 spiro atoms. The van der Waals surface area contributed by atoms with E-state index in [9.17, 15) is 9.18 Å². The molecule has 0 saturated heterocycles. The van der Waals surface area contributed by atoms with Crippen molar-refractivity contribution in [2.75, 3.05) is 0 Å². The molecule has 18 heavy (non-hydrogen) atoms. The molecule has 2 rings (SSSR count). The molecular weight excluding hydrogens is 279 g/mol. The summed E-state index contributed by atoms with van der Waals surface area (Å²) in [7, 11) is 0. The number of hydrogen-bond acceptors (Lipinski definition) is 3.